The van der Waals surface area contributed by atoms with E-state index in [4.69, 9.17) is 5.11 Å². The summed E-state index contributed by atoms with van der Waals surface area (Å²) in [7, 11) is -2.04. The standard InChI is InChI=1S/C12H18N2O3S/c1-13-18(16,17)12-5-3-2-4-11(12)14-7-6-10(8-14)9-15/h2-5,10,13,15H,6-9H2,1H3. The number of hydrogen-bond donors (Lipinski definition) is 2. The van der Waals surface area contributed by atoms with Gasteiger partial charge in [-0.2, -0.15) is 0 Å². The average molecular weight is 270 g/mol. The highest BCUT2D eigenvalue weighted by Crippen LogP contribution is 2.29. The van der Waals surface area contributed by atoms with Crippen molar-refractivity contribution in [2.75, 3.05) is 31.6 Å². The van der Waals surface area contributed by atoms with Crippen LogP contribution in [-0.4, -0.2) is 40.3 Å². The second kappa shape index (κ2) is 5.26. The van der Waals surface area contributed by atoms with Crippen molar-refractivity contribution in [1.82, 2.24) is 4.72 Å². The molecule has 1 fully saturated rings. The maximum Gasteiger partial charge on any atom is 0.242 e. The van der Waals surface area contributed by atoms with Crippen LogP contribution in [-0.2, 0) is 10.0 Å². The van der Waals surface area contributed by atoms with Crippen LogP contribution in [0.2, 0.25) is 0 Å². The topological polar surface area (TPSA) is 69.6 Å². The highest BCUT2D eigenvalue weighted by molar-refractivity contribution is 7.89. The third-order valence-electron chi connectivity index (χ3n) is 3.31. The van der Waals surface area contributed by atoms with E-state index in [1.807, 2.05) is 17.0 Å². The average Bonchev–Trinajstić information content (AvgIpc) is 2.87. The smallest absolute Gasteiger partial charge is 0.242 e. The van der Waals surface area contributed by atoms with Gasteiger partial charge in [0.2, 0.25) is 10.0 Å². The van der Waals surface area contributed by atoms with Crippen LogP contribution in [0.4, 0.5) is 5.69 Å². The minimum Gasteiger partial charge on any atom is -0.396 e. The Bertz CT molecular complexity index is 516. The Morgan fingerprint density at radius 3 is 2.78 bits per heavy atom. The van der Waals surface area contributed by atoms with Gasteiger partial charge in [0, 0.05) is 25.6 Å². The van der Waals surface area contributed by atoms with Crippen LogP contribution in [0.15, 0.2) is 29.2 Å². The van der Waals surface area contributed by atoms with Gasteiger partial charge in [-0.15, -0.1) is 0 Å². The van der Waals surface area contributed by atoms with Crippen molar-refractivity contribution in [2.24, 2.45) is 5.92 Å². The molecule has 6 heteroatoms. The lowest BCUT2D eigenvalue weighted by Gasteiger charge is -2.21. The number of aliphatic hydroxyl groups is 1. The number of hydrogen-bond acceptors (Lipinski definition) is 4. The molecule has 0 bridgehead atoms. The van der Waals surface area contributed by atoms with E-state index in [1.165, 1.54) is 7.05 Å². The number of rotatable bonds is 4. The Kier molecular flexibility index (Phi) is 3.89. The third-order valence-corrected chi connectivity index (χ3v) is 4.77. The predicted molar refractivity (Wildman–Crippen MR) is 70.1 cm³/mol. The zero-order valence-electron chi connectivity index (χ0n) is 10.3. The molecule has 1 aliphatic heterocycles. The second-order valence-corrected chi connectivity index (χ2v) is 6.31. The quantitative estimate of drug-likeness (QED) is 0.831. The maximum atomic E-state index is 11.9. The van der Waals surface area contributed by atoms with Crippen molar-refractivity contribution in [1.29, 1.82) is 0 Å². The minimum atomic E-state index is -3.44. The molecule has 18 heavy (non-hydrogen) atoms. The van der Waals surface area contributed by atoms with Gasteiger partial charge in [-0.05, 0) is 25.6 Å². The fourth-order valence-electron chi connectivity index (χ4n) is 2.26. The zero-order valence-corrected chi connectivity index (χ0v) is 11.2. The van der Waals surface area contributed by atoms with Gasteiger partial charge in [0.05, 0.1) is 5.69 Å². The Morgan fingerprint density at radius 2 is 2.17 bits per heavy atom. The molecule has 5 nitrogen and oxygen atoms in total. The van der Waals surface area contributed by atoms with Gasteiger partial charge in [0.15, 0.2) is 0 Å². The number of nitrogens with one attached hydrogen (secondary N) is 1. The maximum absolute atomic E-state index is 11.9. The van der Waals surface area contributed by atoms with Crippen LogP contribution in [0.5, 0.6) is 0 Å². The van der Waals surface area contributed by atoms with Crippen LogP contribution in [0.3, 0.4) is 0 Å². The predicted octanol–water partition coefficient (Wildman–Crippen LogP) is 0.413. The number of nitrogens with zero attached hydrogens (tertiary/aromatic N) is 1. The van der Waals surface area contributed by atoms with Gasteiger partial charge in [-0.25, -0.2) is 13.1 Å². The van der Waals surface area contributed by atoms with Gasteiger partial charge in [-0.1, -0.05) is 12.1 Å². The Balaban J connectivity index is 2.35. The van der Waals surface area contributed by atoms with Crippen LogP contribution < -0.4 is 9.62 Å². The first-order valence-corrected chi connectivity index (χ1v) is 7.45. The van der Waals surface area contributed by atoms with Crippen molar-refractivity contribution in [3.8, 4) is 0 Å². The summed E-state index contributed by atoms with van der Waals surface area (Å²) in [5.41, 5.74) is 0.711. The van der Waals surface area contributed by atoms with E-state index in [0.29, 0.717) is 17.1 Å². The molecule has 1 aromatic rings. The van der Waals surface area contributed by atoms with Crippen molar-refractivity contribution in [2.45, 2.75) is 11.3 Å². The molecule has 0 saturated carbocycles. The summed E-state index contributed by atoms with van der Waals surface area (Å²) in [5.74, 6) is 0.232. The first-order valence-electron chi connectivity index (χ1n) is 5.97. The molecule has 2 N–H and O–H groups in total. The number of benzene rings is 1. The van der Waals surface area contributed by atoms with E-state index in [0.717, 1.165) is 13.0 Å². The van der Waals surface area contributed by atoms with Gasteiger partial charge in [-0.3, -0.25) is 0 Å². The molecular formula is C12H18N2O3S. The lowest BCUT2D eigenvalue weighted by Crippen LogP contribution is -2.26. The van der Waals surface area contributed by atoms with Crippen molar-refractivity contribution in [3.05, 3.63) is 24.3 Å². The van der Waals surface area contributed by atoms with E-state index in [1.54, 1.807) is 12.1 Å². The molecule has 1 atom stereocenters. The lowest BCUT2D eigenvalue weighted by molar-refractivity contribution is 0.238. The molecule has 2 rings (SSSR count). The van der Waals surface area contributed by atoms with Crippen LogP contribution in [0.1, 0.15) is 6.42 Å². The highest BCUT2D eigenvalue weighted by atomic mass is 32.2. The first-order chi connectivity index (χ1) is 8.58. The molecule has 1 aliphatic rings. The van der Waals surface area contributed by atoms with Crippen LogP contribution in [0.25, 0.3) is 0 Å². The van der Waals surface area contributed by atoms with Crippen LogP contribution in [0, 0.1) is 5.92 Å². The van der Waals surface area contributed by atoms with Crippen molar-refractivity contribution < 1.29 is 13.5 Å². The summed E-state index contributed by atoms with van der Waals surface area (Å²) in [6.45, 7) is 1.63. The summed E-state index contributed by atoms with van der Waals surface area (Å²) in [5, 5.41) is 9.15. The molecule has 1 heterocycles. The van der Waals surface area contributed by atoms with E-state index < -0.39 is 10.0 Å². The molecular weight excluding hydrogens is 252 g/mol. The first kappa shape index (κ1) is 13.3. The highest BCUT2D eigenvalue weighted by Gasteiger charge is 2.26. The van der Waals surface area contributed by atoms with E-state index in [-0.39, 0.29) is 12.5 Å². The van der Waals surface area contributed by atoms with E-state index >= 15 is 0 Å². The van der Waals surface area contributed by atoms with Gasteiger partial charge in [0.25, 0.3) is 0 Å². The van der Waals surface area contributed by atoms with Crippen LogP contribution >= 0.6 is 0 Å². The monoisotopic (exact) mass is 270 g/mol. The molecule has 1 saturated heterocycles. The Labute approximate surface area is 107 Å². The number of sulfonamides is 1. The third kappa shape index (κ3) is 2.50. The minimum absolute atomic E-state index is 0.150. The van der Waals surface area contributed by atoms with E-state index in [2.05, 4.69) is 4.72 Å². The SMILES string of the molecule is CNS(=O)(=O)c1ccccc1N1CCC(CO)C1. The second-order valence-electron chi connectivity index (χ2n) is 4.46. The summed E-state index contributed by atoms with van der Waals surface area (Å²) >= 11 is 0. The molecule has 1 aromatic carbocycles. The number of anilines is 1. The molecule has 0 spiro atoms. The largest absolute Gasteiger partial charge is 0.396 e. The normalized spacial score (nSPS) is 20.3. The number of aliphatic hydroxyl groups excluding tert-OH is 1. The molecule has 100 valence electrons. The summed E-state index contributed by atoms with van der Waals surface area (Å²) in [4.78, 5) is 2.32. The van der Waals surface area contributed by atoms with Gasteiger partial charge in [0.1, 0.15) is 4.90 Å². The molecule has 1 unspecified atom stereocenters. The summed E-state index contributed by atoms with van der Waals surface area (Å²) in [6.07, 6.45) is 0.893. The fourth-order valence-corrected chi connectivity index (χ4v) is 3.21. The Morgan fingerprint density at radius 1 is 1.44 bits per heavy atom. The van der Waals surface area contributed by atoms with E-state index in [9.17, 15) is 8.42 Å². The zero-order chi connectivity index (χ0) is 13.2. The van der Waals surface area contributed by atoms with Gasteiger partial charge >= 0.3 is 0 Å². The van der Waals surface area contributed by atoms with Crippen molar-refractivity contribution >= 4 is 15.7 Å². The van der Waals surface area contributed by atoms with Gasteiger partial charge < -0.3 is 10.0 Å². The molecule has 0 aromatic heterocycles. The molecule has 0 aliphatic carbocycles. The number of para-hydroxylation sites is 1. The lowest BCUT2D eigenvalue weighted by atomic mass is 10.1. The molecule has 0 amide bonds. The Hall–Kier alpha value is -1.11. The molecule has 0 radical (unpaired) electrons. The summed E-state index contributed by atoms with van der Waals surface area (Å²) < 4.78 is 26.2. The van der Waals surface area contributed by atoms with Crippen molar-refractivity contribution in [3.63, 3.8) is 0 Å². The fraction of sp³-hybridized carbons (Fsp3) is 0.500. The summed E-state index contributed by atoms with van der Waals surface area (Å²) in [6, 6.07) is 6.96.